The Morgan fingerprint density at radius 3 is 2.53 bits per heavy atom. The van der Waals surface area contributed by atoms with Gasteiger partial charge in [-0.05, 0) is 32.3 Å². The minimum Gasteiger partial charge on any atom is -0.388 e. The molecule has 5 nitrogen and oxygen atoms in total. The van der Waals surface area contributed by atoms with Crippen LogP contribution in [0.25, 0.3) is 0 Å². The molecule has 1 heterocycles. The highest BCUT2D eigenvalue weighted by Gasteiger charge is 2.33. The minimum atomic E-state index is -0.651. The number of hydrogen-bond acceptors (Lipinski definition) is 5. The lowest BCUT2D eigenvalue weighted by atomic mass is 10.0. The van der Waals surface area contributed by atoms with Gasteiger partial charge in [0.15, 0.2) is 5.82 Å². The third-order valence-corrected chi connectivity index (χ3v) is 3.98. The van der Waals surface area contributed by atoms with Gasteiger partial charge in [0.2, 0.25) is 0 Å². The largest absolute Gasteiger partial charge is 0.388 e. The summed E-state index contributed by atoms with van der Waals surface area (Å²) < 4.78 is 0. The predicted octanol–water partition coefficient (Wildman–Crippen LogP) is 1.71. The van der Waals surface area contributed by atoms with Gasteiger partial charge in [-0.2, -0.15) is 10.4 Å². The highest BCUT2D eigenvalue weighted by molar-refractivity contribution is 5.57. The first-order valence-corrected chi connectivity index (χ1v) is 6.64. The molecule has 1 saturated carbocycles. The van der Waals surface area contributed by atoms with Crippen LogP contribution < -0.4 is 4.90 Å². The summed E-state index contributed by atoms with van der Waals surface area (Å²) in [6.07, 6.45) is 3.76. The van der Waals surface area contributed by atoms with Crippen LogP contribution in [0, 0.1) is 25.2 Å². The second kappa shape index (κ2) is 5.14. The number of nitrogens with zero attached hydrogens (tertiary/aromatic N) is 4. The number of aliphatic hydroxyl groups is 1. The van der Waals surface area contributed by atoms with E-state index in [0.29, 0.717) is 17.9 Å². The fourth-order valence-corrected chi connectivity index (χ4v) is 2.70. The van der Waals surface area contributed by atoms with Crippen LogP contribution in [0.15, 0.2) is 0 Å². The number of likely N-dealkylation sites (N-methyl/N-ethyl adjacent to an activating group) is 1. The molecule has 0 aromatic carbocycles. The highest BCUT2D eigenvalue weighted by atomic mass is 16.3. The molecule has 1 aromatic rings. The van der Waals surface area contributed by atoms with Crippen molar-refractivity contribution in [3.63, 3.8) is 0 Å². The van der Waals surface area contributed by atoms with E-state index in [4.69, 9.17) is 0 Å². The number of rotatable bonds is 3. The minimum absolute atomic E-state index is 0.499. The van der Waals surface area contributed by atoms with Gasteiger partial charge in [-0.15, -0.1) is 5.10 Å². The zero-order chi connectivity index (χ0) is 14.0. The van der Waals surface area contributed by atoms with Gasteiger partial charge in [-0.25, -0.2) is 0 Å². The van der Waals surface area contributed by atoms with E-state index in [9.17, 15) is 10.4 Å². The zero-order valence-electron chi connectivity index (χ0n) is 11.8. The summed E-state index contributed by atoms with van der Waals surface area (Å²) in [5, 5.41) is 27.9. The Balaban J connectivity index is 2.27. The second-order valence-corrected chi connectivity index (χ2v) is 5.51. The Hall–Kier alpha value is -1.67. The fraction of sp³-hybridized carbons (Fsp3) is 0.643. The van der Waals surface area contributed by atoms with Crippen molar-refractivity contribution in [2.24, 2.45) is 0 Å². The van der Waals surface area contributed by atoms with E-state index in [-0.39, 0.29) is 0 Å². The molecule has 1 aliphatic rings. The molecule has 0 saturated heterocycles. The van der Waals surface area contributed by atoms with E-state index in [1.54, 1.807) is 0 Å². The number of aryl methyl sites for hydroxylation is 1. The Kier molecular flexibility index (Phi) is 3.72. The lowest BCUT2D eigenvalue weighted by Crippen LogP contribution is -2.40. The van der Waals surface area contributed by atoms with Crippen molar-refractivity contribution in [2.45, 2.75) is 45.1 Å². The van der Waals surface area contributed by atoms with Crippen molar-refractivity contribution in [1.82, 2.24) is 10.2 Å². The Labute approximate surface area is 113 Å². The number of nitriles is 1. The first-order chi connectivity index (χ1) is 8.97. The topological polar surface area (TPSA) is 73.0 Å². The van der Waals surface area contributed by atoms with Crippen LogP contribution in [0.2, 0.25) is 0 Å². The Morgan fingerprint density at radius 1 is 1.32 bits per heavy atom. The summed E-state index contributed by atoms with van der Waals surface area (Å²) >= 11 is 0. The highest BCUT2D eigenvalue weighted by Crippen LogP contribution is 2.31. The van der Waals surface area contributed by atoms with Gasteiger partial charge in [0, 0.05) is 13.6 Å². The second-order valence-electron chi connectivity index (χ2n) is 5.51. The first-order valence-electron chi connectivity index (χ1n) is 6.64. The summed E-state index contributed by atoms with van der Waals surface area (Å²) in [5.41, 5.74) is 1.53. The molecule has 0 spiro atoms. The van der Waals surface area contributed by atoms with Crippen LogP contribution in [-0.4, -0.2) is 34.5 Å². The zero-order valence-corrected chi connectivity index (χ0v) is 11.8. The molecular weight excluding hydrogens is 240 g/mol. The quantitative estimate of drug-likeness (QED) is 0.895. The molecule has 1 aliphatic carbocycles. The van der Waals surface area contributed by atoms with E-state index in [0.717, 1.165) is 36.9 Å². The standard InChI is InChI=1S/C14H20N4O/c1-10-11(2)16-17-13(12(10)8-15)18(3)9-14(19)6-4-5-7-14/h19H,4-7,9H2,1-3H3. The number of anilines is 1. The molecule has 0 unspecified atom stereocenters. The van der Waals surface area contributed by atoms with Crippen molar-refractivity contribution in [3.05, 3.63) is 16.8 Å². The van der Waals surface area contributed by atoms with Crippen LogP contribution in [0.1, 0.15) is 42.5 Å². The van der Waals surface area contributed by atoms with Gasteiger partial charge in [0.05, 0.1) is 11.3 Å². The summed E-state index contributed by atoms with van der Waals surface area (Å²) in [6.45, 7) is 4.22. The van der Waals surface area contributed by atoms with Gasteiger partial charge in [0.25, 0.3) is 0 Å². The number of hydrogen-bond donors (Lipinski definition) is 1. The van der Waals surface area contributed by atoms with Gasteiger partial charge in [0.1, 0.15) is 11.6 Å². The predicted molar refractivity (Wildman–Crippen MR) is 72.9 cm³/mol. The Bertz CT molecular complexity index is 515. The van der Waals surface area contributed by atoms with E-state index in [1.807, 2.05) is 25.8 Å². The average Bonchev–Trinajstić information content (AvgIpc) is 2.78. The summed E-state index contributed by atoms with van der Waals surface area (Å²) in [6, 6.07) is 2.20. The van der Waals surface area contributed by atoms with Crippen LogP contribution in [0.3, 0.4) is 0 Å². The van der Waals surface area contributed by atoms with Gasteiger partial charge in [-0.1, -0.05) is 12.8 Å². The molecule has 0 atom stereocenters. The number of aromatic nitrogens is 2. The maximum absolute atomic E-state index is 10.4. The summed E-state index contributed by atoms with van der Waals surface area (Å²) in [7, 11) is 1.86. The van der Waals surface area contributed by atoms with Crippen LogP contribution >= 0.6 is 0 Å². The molecule has 5 heteroatoms. The average molecular weight is 260 g/mol. The fourth-order valence-electron chi connectivity index (χ4n) is 2.70. The lowest BCUT2D eigenvalue weighted by Gasteiger charge is -2.29. The van der Waals surface area contributed by atoms with Gasteiger partial charge in [-0.3, -0.25) is 0 Å². The van der Waals surface area contributed by atoms with Crippen molar-refractivity contribution in [3.8, 4) is 6.07 Å². The molecule has 2 rings (SSSR count). The van der Waals surface area contributed by atoms with E-state index in [2.05, 4.69) is 16.3 Å². The molecule has 0 bridgehead atoms. The maximum atomic E-state index is 10.4. The van der Waals surface area contributed by atoms with E-state index in [1.165, 1.54) is 0 Å². The molecular formula is C14H20N4O. The van der Waals surface area contributed by atoms with Crippen LogP contribution in [0.4, 0.5) is 5.82 Å². The van der Waals surface area contributed by atoms with E-state index < -0.39 is 5.60 Å². The van der Waals surface area contributed by atoms with Crippen molar-refractivity contribution in [1.29, 1.82) is 5.26 Å². The van der Waals surface area contributed by atoms with Crippen molar-refractivity contribution >= 4 is 5.82 Å². The van der Waals surface area contributed by atoms with Crippen molar-refractivity contribution in [2.75, 3.05) is 18.5 Å². The SMILES string of the molecule is Cc1nnc(N(C)CC2(O)CCCC2)c(C#N)c1C. The maximum Gasteiger partial charge on any atom is 0.169 e. The summed E-state index contributed by atoms with van der Waals surface area (Å²) in [5.74, 6) is 0.561. The smallest absolute Gasteiger partial charge is 0.169 e. The monoisotopic (exact) mass is 260 g/mol. The normalized spacial score (nSPS) is 17.2. The molecule has 0 radical (unpaired) electrons. The van der Waals surface area contributed by atoms with Crippen LogP contribution in [0.5, 0.6) is 0 Å². The lowest BCUT2D eigenvalue weighted by molar-refractivity contribution is 0.0557. The van der Waals surface area contributed by atoms with Crippen LogP contribution in [-0.2, 0) is 0 Å². The molecule has 1 N–H and O–H groups in total. The van der Waals surface area contributed by atoms with Crippen molar-refractivity contribution < 1.29 is 5.11 Å². The summed E-state index contributed by atoms with van der Waals surface area (Å²) in [4.78, 5) is 1.85. The molecule has 1 aromatic heterocycles. The first kappa shape index (κ1) is 13.8. The van der Waals surface area contributed by atoms with E-state index >= 15 is 0 Å². The Morgan fingerprint density at radius 2 is 1.95 bits per heavy atom. The molecule has 0 aliphatic heterocycles. The van der Waals surface area contributed by atoms with Gasteiger partial charge < -0.3 is 10.0 Å². The molecule has 0 amide bonds. The molecule has 1 fully saturated rings. The third-order valence-electron chi connectivity index (χ3n) is 3.98. The molecule has 19 heavy (non-hydrogen) atoms. The van der Waals surface area contributed by atoms with Gasteiger partial charge >= 0.3 is 0 Å². The molecule has 102 valence electrons. The third kappa shape index (κ3) is 2.69.